The van der Waals surface area contributed by atoms with Crippen LogP contribution in [0.25, 0.3) is 0 Å². The maximum Gasteiger partial charge on any atom is 0.0619 e. The van der Waals surface area contributed by atoms with Gasteiger partial charge in [-0.05, 0) is 32.3 Å². The maximum absolute atomic E-state index is 5.48. The Bertz CT molecular complexity index is 331. The minimum absolute atomic E-state index is 0.409. The molecule has 0 amide bonds. The van der Waals surface area contributed by atoms with E-state index >= 15 is 0 Å². The Balaban J connectivity index is 1.94. The predicted octanol–water partition coefficient (Wildman–Crippen LogP) is 2.82. The molecule has 0 spiro atoms. The van der Waals surface area contributed by atoms with Gasteiger partial charge in [-0.2, -0.15) is 0 Å². The molecule has 16 heavy (non-hydrogen) atoms. The fourth-order valence-corrected chi connectivity index (χ4v) is 2.26. The topological polar surface area (TPSA) is 21.3 Å². The number of ether oxygens (including phenoxy) is 1. The molecular weight excluding hydrogens is 198 g/mol. The molecule has 1 aliphatic rings. The van der Waals surface area contributed by atoms with Crippen molar-refractivity contribution in [3.63, 3.8) is 0 Å². The lowest BCUT2D eigenvalue weighted by Gasteiger charge is -2.27. The largest absolute Gasteiger partial charge is 0.380 e. The summed E-state index contributed by atoms with van der Waals surface area (Å²) in [5.74, 6) is 0. The molecule has 0 aromatic heterocycles. The van der Waals surface area contributed by atoms with Crippen LogP contribution in [0.4, 0.5) is 0 Å². The van der Waals surface area contributed by atoms with Crippen LogP contribution in [0.1, 0.15) is 36.9 Å². The van der Waals surface area contributed by atoms with Gasteiger partial charge >= 0.3 is 0 Å². The highest BCUT2D eigenvalue weighted by Gasteiger charge is 2.16. The quantitative estimate of drug-likeness (QED) is 0.844. The number of hydrogen-bond acceptors (Lipinski definition) is 2. The first-order valence-electron chi connectivity index (χ1n) is 6.16. The molecule has 1 aromatic carbocycles. The molecule has 1 saturated heterocycles. The molecule has 2 atom stereocenters. The van der Waals surface area contributed by atoms with E-state index in [1.54, 1.807) is 0 Å². The zero-order valence-electron chi connectivity index (χ0n) is 10.2. The van der Waals surface area contributed by atoms with Gasteiger partial charge in [-0.25, -0.2) is 0 Å². The number of rotatable bonds is 3. The molecule has 0 saturated carbocycles. The van der Waals surface area contributed by atoms with Gasteiger partial charge in [0, 0.05) is 18.7 Å². The van der Waals surface area contributed by atoms with Crippen LogP contribution in [-0.2, 0) is 4.74 Å². The van der Waals surface area contributed by atoms with Gasteiger partial charge in [0.1, 0.15) is 0 Å². The highest BCUT2D eigenvalue weighted by atomic mass is 16.5. The molecule has 0 bridgehead atoms. The van der Waals surface area contributed by atoms with E-state index in [-0.39, 0.29) is 0 Å². The van der Waals surface area contributed by atoms with Crippen molar-refractivity contribution < 1.29 is 4.74 Å². The molecule has 1 heterocycles. The van der Waals surface area contributed by atoms with Crippen LogP contribution in [0, 0.1) is 6.92 Å². The van der Waals surface area contributed by atoms with Crippen LogP contribution in [0.3, 0.4) is 0 Å². The summed E-state index contributed by atoms with van der Waals surface area (Å²) in [5.41, 5.74) is 2.69. The molecule has 2 heteroatoms. The lowest BCUT2D eigenvalue weighted by atomic mass is 10.0. The fraction of sp³-hybridized carbons (Fsp3) is 0.571. The normalized spacial score (nSPS) is 23.0. The Labute approximate surface area is 98.0 Å². The van der Waals surface area contributed by atoms with Gasteiger partial charge < -0.3 is 10.1 Å². The maximum atomic E-state index is 5.48. The molecule has 0 radical (unpaired) electrons. The van der Waals surface area contributed by atoms with E-state index in [4.69, 9.17) is 4.74 Å². The van der Waals surface area contributed by atoms with E-state index in [2.05, 4.69) is 43.4 Å². The van der Waals surface area contributed by atoms with Crippen molar-refractivity contribution in [3.8, 4) is 0 Å². The summed E-state index contributed by atoms with van der Waals surface area (Å²) in [6, 6.07) is 9.63. The molecule has 2 rings (SSSR count). The van der Waals surface area contributed by atoms with Gasteiger partial charge in [-0.3, -0.25) is 0 Å². The van der Waals surface area contributed by atoms with Crippen LogP contribution >= 0.6 is 0 Å². The lowest BCUT2D eigenvalue weighted by Crippen LogP contribution is -2.38. The van der Waals surface area contributed by atoms with Crippen LogP contribution < -0.4 is 5.32 Å². The smallest absolute Gasteiger partial charge is 0.0619 e. The summed E-state index contributed by atoms with van der Waals surface area (Å²) in [4.78, 5) is 0. The first-order valence-corrected chi connectivity index (χ1v) is 6.16. The Hall–Kier alpha value is -0.860. The van der Waals surface area contributed by atoms with Gasteiger partial charge in [-0.15, -0.1) is 0 Å². The molecule has 0 aliphatic carbocycles. The van der Waals surface area contributed by atoms with Crippen molar-refractivity contribution in [1.82, 2.24) is 5.32 Å². The molecule has 1 fully saturated rings. The zero-order valence-corrected chi connectivity index (χ0v) is 10.2. The third kappa shape index (κ3) is 3.06. The first kappa shape index (κ1) is 11.6. The van der Waals surface area contributed by atoms with E-state index in [1.165, 1.54) is 24.0 Å². The van der Waals surface area contributed by atoms with E-state index in [0.29, 0.717) is 12.1 Å². The average molecular weight is 219 g/mol. The molecule has 1 unspecified atom stereocenters. The predicted molar refractivity (Wildman–Crippen MR) is 66.6 cm³/mol. The molecule has 1 aliphatic heterocycles. The minimum Gasteiger partial charge on any atom is -0.380 e. The third-order valence-corrected chi connectivity index (χ3v) is 3.19. The second-order valence-corrected chi connectivity index (χ2v) is 4.72. The lowest BCUT2D eigenvalue weighted by molar-refractivity contribution is 0.0671. The van der Waals surface area contributed by atoms with Crippen LogP contribution in [0.5, 0.6) is 0 Å². The highest BCUT2D eigenvalue weighted by molar-refractivity contribution is 5.24. The van der Waals surface area contributed by atoms with Gasteiger partial charge in [0.05, 0.1) is 6.61 Å². The summed E-state index contributed by atoms with van der Waals surface area (Å²) in [6.07, 6.45) is 2.41. The molecule has 1 N–H and O–H groups in total. The van der Waals surface area contributed by atoms with Gasteiger partial charge in [0.2, 0.25) is 0 Å². The SMILES string of the molecule is Cc1cccc([C@H](C)NC2CCCOC2)c1. The van der Waals surface area contributed by atoms with Crippen molar-refractivity contribution >= 4 is 0 Å². The molecule has 88 valence electrons. The van der Waals surface area contributed by atoms with Crippen molar-refractivity contribution in [2.75, 3.05) is 13.2 Å². The summed E-state index contributed by atoms with van der Waals surface area (Å²) < 4.78 is 5.48. The van der Waals surface area contributed by atoms with Gasteiger partial charge in [0.25, 0.3) is 0 Å². The summed E-state index contributed by atoms with van der Waals surface area (Å²) in [5, 5.41) is 3.64. The highest BCUT2D eigenvalue weighted by Crippen LogP contribution is 2.16. The second kappa shape index (κ2) is 5.46. The number of aryl methyl sites for hydroxylation is 1. The Morgan fingerprint density at radius 1 is 1.44 bits per heavy atom. The Morgan fingerprint density at radius 3 is 3.00 bits per heavy atom. The summed E-state index contributed by atoms with van der Waals surface area (Å²) in [6.45, 7) is 6.15. The number of hydrogen-bond donors (Lipinski definition) is 1. The van der Waals surface area contributed by atoms with Crippen LogP contribution in [0.2, 0.25) is 0 Å². The van der Waals surface area contributed by atoms with Crippen molar-refractivity contribution in [1.29, 1.82) is 0 Å². The zero-order chi connectivity index (χ0) is 11.4. The van der Waals surface area contributed by atoms with Crippen LogP contribution in [0.15, 0.2) is 24.3 Å². The molecular formula is C14H21NO. The summed E-state index contributed by atoms with van der Waals surface area (Å²) in [7, 11) is 0. The monoisotopic (exact) mass is 219 g/mol. The molecule has 1 aromatic rings. The van der Waals surface area contributed by atoms with E-state index in [0.717, 1.165) is 13.2 Å². The second-order valence-electron chi connectivity index (χ2n) is 4.72. The standard InChI is InChI=1S/C14H21NO/c1-11-5-3-6-13(9-11)12(2)15-14-7-4-8-16-10-14/h3,5-6,9,12,14-15H,4,7-8,10H2,1-2H3/t12-,14?/m0/s1. The first-order chi connectivity index (χ1) is 7.75. The minimum atomic E-state index is 0.409. The van der Waals surface area contributed by atoms with E-state index in [1.807, 2.05) is 0 Å². The van der Waals surface area contributed by atoms with Crippen molar-refractivity contribution in [3.05, 3.63) is 35.4 Å². The Morgan fingerprint density at radius 2 is 2.31 bits per heavy atom. The number of benzene rings is 1. The van der Waals surface area contributed by atoms with Crippen LogP contribution in [-0.4, -0.2) is 19.3 Å². The third-order valence-electron chi connectivity index (χ3n) is 3.19. The number of nitrogens with one attached hydrogen (secondary N) is 1. The fourth-order valence-electron chi connectivity index (χ4n) is 2.26. The summed E-state index contributed by atoms with van der Waals surface area (Å²) >= 11 is 0. The van der Waals surface area contributed by atoms with E-state index in [9.17, 15) is 0 Å². The molecule has 2 nitrogen and oxygen atoms in total. The van der Waals surface area contributed by atoms with Gasteiger partial charge in [0.15, 0.2) is 0 Å². The van der Waals surface area contributed by atoms with Crippen molar-refractivity contribution in [2.45, 2.75) is 38.8 Å². The Kier molecular flexibility index (Phi) is 3.97. The van der Waals surface area contributed by atoms with Crippen molar-refractivity contribution in [2.24, 2.45) is 0 Å². The average Bonchev–Trinajstić information content (AvgIpc) is 2.30. The van der Waals surface area contributed by atoms with Gasteiger partial charge in [-0.1, -0.05) is 29.8 Å². The van der Waals surface area contributed by atoms with E-state index < -0.39 is 0 Å².